The average molecular weight is 255 g/mol. The number of benzene rings is 1. The van der Waals surface area contributed by atoms with E-state index in [2.05, 4.69) is 12.1 Å². The summed E-state index contributed by atoms with van der Waals surface area (Å²) in [4.78, 5) is 15.9. The lowest BCUT2D eigenvalue weighted by molar-refractivity contribution is -0.136. The minimum Gasteiger partial charge on any atom is -0.481 e. The molecular formula is C16H17NO2. The van der Waals surface area contributed by atoms with E-state index < -0.39 is 5.97 Å². The van der Waals surface area contributed by atoms with Gasteiger partial charge in [-0.1, -0.05) is 11.6 Å². The number of hydrogen-bond donors (Lipinski definition) is 1. The number of hydrogen-bond acceptors (Lipinski definition) is 2. The van der Waals surface area contributed by atoms with Crippen LogP contribution in [0.3, 0.4) is 0 Å². The number of aromatic nitrogens is 1. The average Bonchev–Trinajstić information content (AvgIpc) is 2.77. The fourth-order valence-corrected chi connectivity index (χ4v) is 3.17. The number of carbonyl (C=O) groups is 1. The molecule has 3 heteroatoms. The Bertz CT molecular complexity index is 689. The van der Waals surface area contributed by atoms with Gasteiger partial charge in [0.1, 0.15) is 0 Å². The molecule has 1 aliphatic rings. The largest absolute Gasteiger partial charge is 0.481 e. The van der Waals surface area contributed by atoms with Crippen LogP contribution in [-0.2, 0) is 24.1 Å². The van der Waals surface area contributed by atoms with Crippen molar-refractivity contribution in [2.45, 2.75) is 39.5 Å². The third-order valence-corrected chi connectivity index (χ3v) is 3.90. The van der Waals surface area contributed by atoms with Crippen LogP contribution < -0.4 is 0 Å². The number of fused-ring (bicyclic) bond motifs is 2. The van der Waals surface area contributed by atoms with Gasteiger partial charge < -0.3 is 5.11 Å². The molecule has 3 rings (SSSR count). The Labute approximate surface area is 112 Å². The lowest BCUT2D eigenvalue weighted by atomic mass is 9.95. The second kappa shape index (κ2) is 4.34. The van der Waals surface area contributed by atoms with Crippen LogP contribution in [0.1, 0.15) is 34.4 Å². The van der Waals surface area contributed by atoms with Crippen LogP contribution in [0, 0.1) is 13.8 Å². The fraction of sp³-hybridized carbons (Fsp3) is 0.375. The number of carboxylic acids is 1. The zero-order chi connectivity index (χ0) is 13.6. The maximum absolute atomic E-state index is 11.2. The van der Waals surface area contributed by atoms with Crippen LogP contribution >= 0.6 is 0 Å². The molecule has 0 aliphatic heterocycles. The standard InChI is InChI=1S/C16H17NO2/c1-9-6-10(2)16-13(7-9)12(8-15(18)19)11-4-3-5-14(11)17-16/h6-7H,3-5,8H2,1-2H3,(H,18,19). The zero-order valence-corrected chi connectivity index (χ0v) is 11.3. The summed E-state index contributed by atoms with van der Waals surface area (Å²) in [5, 5.41) is 10.2. The van der Waals surface area contributed by atoms with Crippen molar-refractivity contribution in [3.63, 3.8) is 0 Å². The van der Waals surface area contributed by atoms with Crippen molar-refractivity contribution < 1.29 is 9.90 Å². The SMILES string of the molecule is Cc1cc(C)c2nc3c(c(CC(=O)O)c2c1)CCC3. The van der Waals surface area contributed by atoms with Crippen molar-refractivity contribution in [3.05, 3.63) is 40.1 Å². The minimum atomic E-state index is -0.763. The monoisotopic (exact) mass is 255 g/mol. The predicted molar refractivity (Wildman–Crippen MR) is 74.6 cm³/mol. The van der Waals surface area contributed by atoms with Gasteiger partial charge in [0.25, 0.3) is 0 Å². The van der Waals surface area contributed by atoms with Gasteiger partial charge in [0.15, 0.2) is 0 Å². The van der Waals surface area contributed by atoms with Crippen LogP contribution in [0.2, 0.25) is 0 Å². The molecule has 0 saturated heterocycles. The molecule has 0 radical (unpaired) electrons. The Hall–Kier alpha value is -1.90. The minimum absolute atomic E-state index is 0.101. The molecular weight excluding hydrogens is 238 g/mol. The van der Waals surface area contributed by atoms with Crippen LogP contribution in [0.15, 0.2) is 12.1 Å². The molecule has 0 amide bonds. The highest BCUT2D eigenvalue weighted by molar-refractivity contribution is 5.90. The summed E-state index contributed by atoms with van der Waals surface area (Å²) in [5.41, 5.74) is 6.54. The van der Waals surface area contributed by atoms with Gasteiger partial charge >= 0.3 is 5.97 Å². The van der Waals surface area contributed by atoms with Crippen molar-refractivity contribution in [1.82, 2.24) is 4.98 Å². The Morgan fingerprint density at radius 1 is 1.32 bits per heavy atom. The number of nitrogens with zero attached hydrogens (tertiary/aromatic N) is 1. The van der Waals surface area contributed by atoms with E-state index in [9.17, 15) is 9.90 Å². The lowest BCUT2D eigenvalue weighted by Crippen LogP contribution is -2.06. The maximum atomic E-state index is 11.2. The van der Waals surface area contributed by atoms with E-state index >= 15 is 0 Å². The van der Waals surface area contributed by atoms with Gasteiger partial charge in [0.2, 0.25) is 0 Å². The summed E-state index contributed by atoms with van der Waals surface area (Å²) < 4.78 is 0. The van der Waals surface area contributed by atoms with Crippen LogP contribution in [0.4, 0.5) is 0 Å². The predicted octanol–water partition coefficient (Wildman–Crippen LogP) is 2.97. The molecule has 0 bridgehead atoms. The molecule has 0 atom stereocenters. The second-order valence-corrected chi connectivity index (χ2v) is 5.42. The highest BCUT2D eigenvalue weighted by atomic mass is 16.4. The Kier molecular flexibility index (Phi) is 2.77. The molecule has 1 N–H and O–H groups in total. The molecule has 1 heterocycles. The lowest BCUT2D eigenvalue weighted by Gasteiger charge is -2.13. The molecule has 0 fully saturated rings. The second-order valence-electron chi connectivity index (χ2n) is 5.42. The normalized spacial score (nSPS) is 13.8. The third kappa shape index (κ3) is 1.99. The van der Waals surface area contributed by atoms with E-state index in [0.717, 1.165) is 52.5 Å². The first-order chi connectivity index (χ1) is 9.06. The summed E-state index contributed by atoms with van der Waals surface area (Å²) in [7, 11) is 0. The number of rotatable bonds is 2. The maximum Gasteiger partial charge on any atom is 0.307 e. The Balaban J connectivity index is 2.37. The van der Waals surface area contributed by atoms with E-state index in [4.69, 9.17) is 4.98 Å². The van der Waals surface area contributed by atoms with Gasteiger partial charge in [-0.15, -0.1) is 0 Å². The van der Waals surface area contributed by atoms with Crippen LogP contribution in [-0.4, -0.2) is 16.1 Å². The fourth-order valence-electron chi connectivity index (χ4n) is 3.17. The smallest absolute Gasteiger partial charge is 0.307 e. The number of aliphatic carboxylic acids is 1. The first-order valence-electron chi connectivity index (χ1n) is 6.69. The first-order valence-corrected chi connectivity index (χ1v) is 6.69. The van der Waals surface area contributed by atoms with E-state index in [1.807, 2.05) is 13.8 Å². The molecule has 0 saturated carbocycles. The van der Waals surface area contributed by atoms with Gasteiger partial charge in [0, 0.05) is 11.1 Å². The summed E-state index contributed by atoms with van der Waals surface area (Å²) in [6.45, 7) is 4.10. The van der Waals surface area contributed by atoms with Crippen molar-refractivity contribution in [2.75, 3.05) is 0 Å². The topological polar surface area (TPSA) is 50.2 Å². The van der Waals surface area contributed by atoms with Gasteiger partial charge in [-0.3, -0.25) is 9.78 Å². The molecule has 0 spiro atoms. The Morgan fingerprint density at radius 3 is 2.84 bits per heavy atom. The van der Waals surface area contributed by atoms with Gasteiger partial charge in [-0.25, -0.2) is 0 Å². The number of carboxylic acid groups (broad SMARTS) is 1. The summed E-state index contributed by atoms with van der Waals surface area (Å²) in [6, 6.07) is 4.19. The molecule has 98 valence electrons. The van der Waals surface area contributed by atoms with Crippen molar-refractivity contribution in [2.24, 2.45) is 0 Å². The van der Waals surface area contributed by atoms with E-state index in [1.165, 1.54) is 5.56 Å². The quantitative estimate of drug-likeness (QED) is 0.897. The highest BCUT2D eigenvalue weighted by Crippen LogP contribution is 2.32. The molecule has 19 heavy (non-hydrogen) atoms. The van der Waals surface area contributed by atoms with E-state index in [1.54, 1.807) is 0 Å². The van der Waals surface area contributed by atoms with E-state index in [-0.39, 0.29) is 6.42 Å². The third-order valence-electron chi connectivity index (χ3n) is 3.90. The van der Waals surface area contributed by atoms with Crippen molar-refractivity contribution >= 4 is 16.9 Å². The summed E-state index contributed by atoms with van der Waals surface area (Å²) in [5.74, 6) is -0.763. The zero-order valence-electron chi connectivity index (χ0n) is 11.3. The number of pyridine rings is 1. The van der Waals surface area contributed by atoms with Crippen LogP contribution in [0.5, 0.6) is 0 Å². The molecule has 1 aliphatic carbocycles. The van der Waals surface area contributed by atoms with E-state index in [0.29, 0.717) is 0 Å². The van der Waals surface area contributed by atoms with Crippen molar-refractivity contribution in [3.8, 4) is 0 Å². The molecule has 3 nitrogen and oxygen atoms in total. The molecule has 1 aromatic heterocycles. The van der Waals surface area contributed by atoms with Crippen molar-refractivity contribution in [1.29, 1.82) is 0 Å². The Morgan fingerprint density at radius 2 is 2.11 bits per heavy atom. The molecule has 0 unspecified atom stereocenters. The summed E-state index contributed by atoms with van der Waals surface area (Å²) in [6.07, 6.45) is 3.13. The van der Waals surface area contributed by atoms with Gasteiger partial charge in [0.05, 0.1) is 11.9 Å². The van der Waals surface area contributed by atoms with Gasteiger partial charge in [-0.05, 0) is 55.9 Å². The molecule has 2 aromatic rings. The van der Waals surface area contributed by atoms with Crippen LogP contribution in [0.25, 0.3) is 10.9 Å². The summed E-state index contributed by atoms with van der Waals surface area (Å²) >= 11 is 0. The van der Waals surface area contributed by atoms with Gasteiger partial charge in [-0.2, -0.15) is 0 Å². The molecule has 1 aromatic carbocycles. The highest BCUT2D eigenvalue weighted by Gasteiger charge is 2.21. The first kappa shape index (κ1) is 12.2. The number of aryl methyl sites for hydroxylation is 3.